The Kier molecular flexibility index (Phi) is 6.78. The summed E-state index contributed by atoms with van der Waals surface area (Å²) in [6.45, 7) is 5.46. The first kappa shape index (κ1) is 27.3. The number of carboxylic acid groups (broad SMARTS) is 1. The number of aromatic nitrogens is 3. The summed E-state index contributed by atoms with van der Waals surface area (Å²) in [4.78, 5) is 20.5. The van der Waals surface area contributed by atoms with Crippen LogP contribution in [0.15, 0.2) is 59.1 Å². The van der Waals surface area contributed by atoms with Crippen molar-refractivity contribution in [3.8, 4) is 34.3 Å². The lowest BCUT2D eigenvalue weighted by Crippen LogP contribution is -2.22. The summed E-state index contributed by atoms with van der Waals surface area (Å²) < 4.78 is 8.08. The maximum Gasteiger partial charge on any atom is 0.307 e. The van der Waals surface area contributed by atoms with Gasteiger partial charge in [-0.15, -0.1) is 0 Å². The van der Waals surface area contributed by atoms with E-state index in [-0.39, 0.29) is 5.92 Å². The predicted molar refractivity (Wildman–Crippen MR) is 163 cm³/mol. The monoisotopic (exact) mass is 592 g/mol. The van der Waals surface area contributed by atoms with Crippen molar-refractivity contribution >= 4 is 28.7 Å². The molecule has 7 rings (SSSR count). The normalized spacial score (nSPS) is 17.0. The number of benzene rings is 3. The van der Waals surface area contributed by atoms with E-state index in [0.717, 1.165) is 52.3 Å². The van der Waals surface area contributed by atoms with Gasteiger partial charge >= 0.3 is 5.97 Å². The van der Waals surface area contributed by atoms with Crippen LogP contribution >= 0.6 is 11.6 Å². The molecule has 2 aliphatic heterocycles. The number of aliphatic carboxylic acids is 1. The average molecular weight is 593 g/mol. The van der Waals surface area contributed by atoms with Crippen LogP contribution in [-0.4, -0.2) is 55.8 Å². The van der Waals surface area contributed by atoms with Crippen LogP contribution in [0.25, 0.3) is 39.4 Å². The smallest absolute Gasteiger partial charge is 0.307 e. The van der Waals surface area contributed by atoms with E-state index in [1.54, 1.807) is 0 Å². The van der Waals surface area contributed by atoms with E-state index in [1.807, 2.05) is 60.1 Å². The van der Waals surface area contributed by atoms with Crippen LogP contribution in [0.4, 0.5) is 0 Å². The van der Waals surface area contributed by atoms with Crippen LogP contribution in [0, 0.1) is 24.2 Å². The highest BCUT2D eigenvalue weighted by Gasteiger charge is 2.28. The van der Waals surface area contributed by atoms with Gasteiger partial charge in [0.05, 0.1) is 27.9 Å². The van der Waals surface area contributed by atoms with Crippen LogP contribution in [0.3, 0.4) is 0 Å². The number of carbonyl (C=O) groups is 1. The van der Waals surface area contributed by atoms with Gasteiger partial charge in [0.15, 0.2) is 5.58 Å². The van der Waals surface area contributed by atoms with Crippen LogP contribution < -0.4 is 0 Å². The van der Waals surface area contributed by atoms with Crippen molar-refractivity contribution < 1.29 is 14.3 Å². The van der Waals surface area contributed by atoms with Gasteiger partial charge in [-0.25, -0.2) is 9.67 Å². The topological polar surface area (TPSA) is 111 Å². The van der Waals surface area contributed by atoms with E-state index in [4.69, 9.17) is 26.1 Å². The molecule has 3 aromatic carbocycles. The van der Waals surface area contributed by atoms with Gasteiger partial charge in [0.1, 0.15) is 11.6 Å². The van der Waals surface area contributed by atoms with Crippen molar-refractivity contribution in [3.63, 3.8) is 0 Å². The minimum Gasteiger partial charge on any atom is -0.481 e. The minimum absolute atomic E-state index is 0.357. The fourth-order valence-electron chi connectivity index (χ4n) is 6.32. The summed E-state index contributed by atoms with van der Waals surface area (Å²) in [6, 6.07) is 17.9. The van der Waals surface area contributed by atoms with E-state index in [2.05, 4.69) is 29.1 Å². The van der Waals surface area contributed by atoms with Crippen molar-refractivity contribution in [1.82, 2.24) is 24.6 Å². The molecule has 1 fully saturated rings. The second kappa shape index (κ2) is 10.7. The highest BCUT2D eigenvalue weighted by Crippen LogP contribution is 2.39. The fourth-order valence-corrected chi connectivity index (χ4v) is 6.63. The lowest BCUT2D eigenvalue weighted by atomic mass is 9.96. The van der Waals surface area contributed by atoms with Gasteiger partial charge < -0.3 is 9.52 Å². The largest absolute Gasteiger partial charge is 0.481 e. The summed E-state index contributed by atoms with van der Waals surface area (Å²) in [5.41, 5.74) is 9.05. The number of rotatable bonds is 6. The van der Waals surface area contributed by atoms with E-state index < -0.39 is 5.97 Å². The van der Waals surface area contributed by atoms with Crippen molar-refractivity contribution in [2.75, 3.05) is 20.1 Å². The molecular formula is C33H29ClN6O3. The average Bonchev–Trinajstić information content (AvgIpc) is 3.77. The molecule has 5 aromatic rings. The van der Waals surface area contributed by atoms with Gasteiger partial charge in [-0.05, 0) is 67.9 Å². The molecule has 0 amide bonds. The van der Waals surface area contributed by atoms with E-state index in [0.29, 0.717) is 53.6 Å². The van der Waals surface area contributed by atoms with Gasteiger partial charge in [-0.3, -0.25) is 14.6 Å². The third-order valence-electron chi connectivity index (χ3n) is 8.51. The second-order valence-corrected chi connectivity index (χ2v) is 11.9. The Labute approximate surface area is 253 Å². The van der Waals surface area contributed by atoms with Crippen molar-refractivity contribution in [2.24, 2.45) is 5.92 Å². The Hall–Kier alpha value is -4.49. The van der Waals surface area contributed by atoms with E-state index in [9.17, 15) is 15.2 Å². The molecule has 1 unspecified atom stereocenters. The molecule has 0 radical (unpaired) electrons. The number of halogens is 1. The Morgan fingerprint density at radius 2 is 1.95 bits per heavy atom. The van der Waals surface area contributed by atoms with Crippen LogP contribution in [0.2, 0.25) is 5.02 Å². The minimum atomic E-state index is -0.764. The first-order valence-corrected chi connectivity index (χ1v) is 14.6. The van der Waals surface area contributed by atoms with Crippen LogP contribution in [0.5, 0.6) is 0 Å². The first-order chi connectivity index (χ1) is 20.8. The van der Waals surface area contributed by atoms with Gasteiger partial charge in [0, 0.05) is 49.1 Å². The molecule has 2 aromatic heterocycles. The van der Waals surface area contributed by atoms with Gasteiger partial charge in [0.2, 0.25) is 5.89 Å². The van der Waals surface area contributed by atoms with E-state index >= 15 is 0 Å². The number of nitriles is 1. The SMILES string of the molecule is Cc1c(-c2nc3cc(CN4CCC(C(=O)O)C4)cc(C#N)c3o2)cccc1-c1cccc(-n2cc3c(n2)CN(C)C3)c1Cl. The van der Waals surface area contributed by atoms with Crippen molar-refractivity contribution in [1.29, 1.82) is 5.26 Å². The zero-order chi connectivity index (χ0) is 29.8. The zero-order valence-electron chi connectivity index (χ0n) is 23.8. The van der Waals surface area contributed by atoms with Gasteiger partial charge in [-0.2, -0.15) is 10.4 Å². The molecule has 0 bridgehead atoms. The molecule has 43 heavy (non-hydrogen) atoms. The molecule has 2 aliphatic rings. The quantitative estimate of drug-likeness (QED) is 0.254. The molecule has 0 spiro atoms. The molecule has 1 N–H and O–H groups in total. The highest BCUT2D eigenvalue weighted by atomic mass is 35.5. The predicted octanol–water partition coefficient (Wildman–Crippen LogP) is 6.03. The summed E-state index contributed by atoms with van der Waals surface area (Å²) in [5.74, 6) is -0.695. The molecule has 10 heteroatoms. The Morgan fingerprint density at radius 1 is 1.16 bits per heavy atom. The summed E-state index contributed by atoms with van der Waals surface area (Å²) in [7, 11) is 2.08. The molecule has 0 saturated carbocycles. The Balaban J connectivity index is 1.23. The summed E-state index contributed by atoms with van der Waals surface area (Å²) >= 11 is 7.03. The van der Waals surface area contributed by atoms with Crippen LogP contribution in [0.1, 0.15) is 34.4 Å². The number of hydrogen-bond donors (Lipinski definition) is 1. The van der Waals surface area contributed by atoms with Crippen molar-refractivity contribution in [2.45, 2.75) is 33.0 Å². The zero-order valence-corrected chi connectivity index (χ0v) is 24.6. The summed E-state index contributed by atoms with van der Waals surface area (Å²) in [5, 5.41) is 24.7. The number of carboxylic acids is 1. The number of likely N-dealkylation sites (tertiary alicyclic amines) is 1. The Bertz CT molecular complexity index is 1930. The number of hydrogen-bond acceptors (Lipinski definition) is 7. The standard InChI is InChI=1S/C33H29ClN6O3/c1-19-24(26-7-4-8-29(30(26)34)40-17-23-15-38(2)18-28(23)37-40)5-3-6-25(19)32-36-27-12-20(11-22(13-35)31(27)43-32)14-39-10-9-21(16-39)33(41)42/h3-8,11-12,17,21H,9-10,14-16,18H2,1-2H3,(H,41,42). The number of fused-ring (bicyclic) bond motifs is 2. The van der Waals surface area contributed by atoms with Crippen LogP contribution in [-0.2, 0) is 24.4 Å². The first-order valence-electron chi connectivity index (χ1n) is 14.2. The maximum atomic E-state index is 11.4. The lowest BCUT2D eigenvalue weighted by molar-refractivity contribution is -0.141. The maximum absolute atomic E-state index is 11.4. The van der Waals surface area contributed by atoms with Gasteiger partial charge in [0.25, 0.3) is 0 Å². The third-order valence-corrected chi connectivity index (χ3v) is 8.91. The fraction of sp³-hybridized carbons (Fsp3) is 0.273. The molecule has 1 saturated heterocycles. The van der Waals surface area contributed by atoms with Crippen molar-refractivity contribution in [3.05, 3.63) is 87.7 Å². The molecule has 1 atom stereocenters. The number of oxazole rings is 1. The molecular weight excluding hydrogens is 564 g/mol. The molecule has 0 aliphatic carbocycles. The summed E-state index contributed by atoms with van der Waals surface area (Å²) in [6.07, 6.45) is 2.68. The highest BCUT2D eigenvalue weighted by molar-refractivity contribution is 6.35. The lowest BCUT2D eigenvalue weighted by Gasteiger charge is -2.15. The Morgan fingerprint density at radius 3 is 2.72 bits per heavy atom. The third kappa shape index (κ3) is 4.87. The second-order valence-electron chi connectivity index (χ2n) is 11.5. The molecule has 9 nitrogen and oxygen atoms in total. The van der Waals surface area contributed by atoms with E-state index in [1.165, 1.54) is 5.56 Å². The molecule has 4 heterocycles. The number of nitrogens with zero attached hydrogens (tertiary/aromatic N) is 6. The van der Waals surface area contributed by atoms with Gasteiger partial charge in [-0.1, -0.05) is 35.9 Å². The molecule has 216 valence electrons.